The van der Waals surface area contributed by atoms with Crippen LogP contribution in [0.1, 0.15) is 5.56 Å². The minimum atomic E-state index is -0.618. The Hall–Kier alpha value is -2.14. The molecule has 5 heteroatoms. The molecule has 2 aromatic carbocycles. The summed E-state index contributed by atoms with van der Waals surface area (Å²) in [7, 11) is 5.41. The van der Waals surface area contributed by atoms with Crippen LogP contribution in [0.25, 0.3) is 11.1 Å². The van der Waals surface area contributed by atoms with Gasteiger partial charge in [-0.1, -0.05) is 0 Å². The van der Waals surface area contributed by atoms with Gasteiger partial charge in [0.1, 0.15) is 23.1 Å². The molecular formula is C17H17F2NO2. The second-order valence-electron chi connectivity index (χ2n) is 5.53. The van der Waals surface area contributed by atoms with Crippen LogP contribution in [0.2, 0.25) is 0 Å². The van der Waals surface area contributed by atoms with Crippen LogP contribution in [-0.4, -0.2) is 32.3 Å². The van der Waals surface area contributed by atoms with Gasteiger partial charge >= 0.3 is 0 Å². The average Bonchev–Trinajstić information content (AvgIpc) is 2.90. The molecule has 0 aromatic heterocycles. The van der Waals surface area contributed by atoms with Crippen LogP contribution < -0.4 is 9.47 Å². The number of hydrogen-bond acceptors (Lipinski definition) is 3. The van der Waals surface area contributed by atoms with Crippen molar-refractivity contribution in [2.45, 2.75) is 12.6 Å². The molecular weight excluding hydrogens is 288 g/mol. The summed E-state index contributed by atoms with van der Waals surface area (Å²) in [6.07, 6.45) is 0.583. The standard InChI is InChI=1S/C17H17F2NO2/c1-20(2)16-7-10-6-12(21-3)9-14(17(10)22-16)13-5-4-11(18)8-15(13)19/h4-6,8-9,16H,7H2,1-3H3. The Labute approximate surface area is 128 Å². The minimum absolute atomic E-state index is 0.107. The molecule has 116 valence electrons. The van der Waals surface area contributed by atoms with E-state index in [9.17, 15) is 8.78 Å². The SMILES string of the molecule is COc1cc2c(c(-c3ccc(F)cc3F)c1)OC(N(C)C)C2. The van der Waals surface area contributed by atoms with Crippen molar-refractivity contribution in [3.8, 4) is 22.6 Å². The summed E-state index contributed by atoms with van der Waals surface area (Å²) >= 11 is 0. The van der Waals surface area contributed by atoms with Crippen molar-refractivity contribution in [3.63, 3.8) is 0 Å². The molecule has 1 unspecified atom stereocenters. The molecule has 0 bridgehead atoms. The largest absolute Gasteiger partial charge is 0.497 e. The number of likely N-dealkylation sites (N-methyl/N-ethyl adjacent to an activating group) is 1. The molecule has 1 heterocycles. The summed E-state index contributed by atoms with van der Waals surface area (Å²) in [5.41, 5.74) is 1.84. The summed E-state index contributed by atoms with van der Waals surface area (Å²) in [5.74, 6) is 0.0331. The normalized spacial score (nSPS) is 16.5. The van der Waals surface area contributed by atoms with Gasteiger partial charge in [-0.15, -0.1) is 0 Å². The van der Waals surface area contributed by atoms with E-state index in [2.05, 4.69) is 0 Å². The zero-order valence-electron chi connectivity index (χ0n) is 12.7. The minimum Gasteiger partial charge on any atom is -0.497 e. The Balaban J connectivity index is 2.14. The van der Waals surface area contributed by atoms with E-state index in [1.54, 1.807) is 13.2 Å². The van der Waals surface area contributed by atoms with Crippen molar-refractivity contribution in [1.82, 2.24) is 4.90 Å². The number of halogens is 2. The van der Waals surface area contributed by atoms with Gasteiger partial charge in [0, 0.05) is 29.2 Å². The van der Waals surface area contributed by atoms with E-state index >= 15 is 0 Å². The molecule has 0 radical (unpaired) electrons. The Morgan fingerprint density at radius 2 is 1.91 bits per heavy atom. The Morgan fingerprint density at radius 1 is 1.14 bits per heavy atom. The molecule has 3 nitrogen and oxygen atoms in total. The summed E-state index contributed by atoms with van der Waals surface area (Å²) < 4.78 is 38.5. The van der Waals surface area contributed by atoms with Gasteiger partial charge in [-0.05, 0) is 38.4 Å². The maximum absolute atomic E-state index is 14.1. The molecule has 2 aromatic rings. The topological polar surface area (TPSA) is 21.7 Å². The number of ether oxygens (including phenoxy) is 2. The lowest BCUT2D eigenvalue weighted by Crippen LogP contribution is -2.31. The first-order valence-electron chi connectivity index (χ1n) is 6.99. The second-order valence-corrected chi connectivity index (χ2v) is 5.53. The zero-order chi connectivity index (χ0) is 15.9. The highest BCUT2D eigenvalue weighted by Gasteiger charge is 2.29. The average molecular weight is 305 g/mol. The van der Waals surface area contributed by atoms with Gasteiger partial charge in [0.15, 0.2) is 6.23 Å². The smallest absolute Gasteiger partial charge is 0.156 e. The third kappa shape index (κ3) is 2.52. The van der Waals surface area contributed by atoms with E-state index in [4.69, 9.17) is 9.47 Å². The molecule has 1 aliphatic heterocycles. The third-order valence-corrected chi connectivity index (χ3v) is 3.82. The van der Waals surface area contributed by atoms with E-state index in [0.717, 1.165) is 11.6 Å². The lowest BCUT2D eigenvalue weighted by molar-refractivity contribution is 0.0866. The number of nitrogens with zero attached hydrogens (tertiary/aromatic N) is 1. The highest BCUT2D eigenvalue weighted by molar-refractivity contribution is 5.75. The molecule has 1 aliphatic rings. The fraction of sp³-hybridized carbons (Fsp3) is 0.294. The number of benzene rings is 2. The molecule has 0 amide bonds. The predicted octanol–water partition coefficient (Wildman–Crippen LogP) is 3.46. The highest BCUT2D eigenvalue weighted by atomic mass is 19.1. The van der Waals surface area contributed by atoms with E-state index in [-0.39, 0.29) is 6.23 Å². The van der Waals surface area contributed by atoms with Gasteiger partial charge in [0.2, 0.25) is 0 Å². The van der Waals surface area contributed by atoms with Crippen LogP contribution in [0.4, 0.5) is 8.78 Å². The van der Waals surface area contributed by atoms with Crippen LogP contribution in [0.5, 0.6) is 11.5 Å². The monoisotopic (exact) mass is 305 g/mol. The first-order chi connectivity index (χ1) is 10.5. The lowest BCUT2D eigenvalue weighted by atomic mass is 10.00. The molecule has 22 heavy (non-hydrogen) atoms. The fourth-order valence-electron chi connectivity index (χ4n) is 2.63. The fourth-order valence-corrected chi connectivity index (χ4v) is 2.63. The number of rotatable bonds is 3. The van der Waals surface area contributed by atoms with E-state index in [1.165, 1.54) is 12.1 Å². The van der Waals surface area contributed by atoms with E-state index in [1.807, 2.05) is 25.1 Å². The molecule has 0 saturated heterocycles. The first kappa shape index (κ1) is 14.8. The van der Waals surface area contributed by atoms with Gasteiger partial charge < -0.3 is 9.47 Å². The van der Waals surface area contributed by atoms with Crippen molar-refractivity contribution in [3.05, 3.63) is 47.5 Å². The summed E-state index contributed by atoms with van der Waals surface area (Å²) in [5, 5.41) is 0. The zero-order valence-corrected chi connectivity index (χ0v) is 12.7. The summed E-state index contributed by atoms with van der Waals surface area (Å²) in [6.45, 7) is 0. The highest BCUT2D eigenvalue weighted by Crippen LogP contribution is 2.42. The van der Waals surface area contributed by atoms with Crippen LogP contribution in [0.15, 0.2) is 30.3 Å². The Kier molecular flexibility index (Phi) is 3.74. The van der Waals surface area contributed by atoms with Crippen molar-refractivity contribution < 1.29 is 18.3 Å². The first-order valence-corrected chi connectivity index (χ1v) is 6.99. The van der Waals surface area contributed by atoms with Crippen LogP contribution in [0, 0.1) is 11.6 Å². The van der Waals surface area contributed by atoms with E-state index in [0.29, 0.717) is 29.0 Å². The van der Waals surface area contributed by atoms with Crippen molar-refractivity contribution in [2.24, 2.45) is 0 Å². The maximum Gasteiger partial charge on any atom is 0.156 e. The number of methoxy groups -OCH3 is 1. The van der Waals surface area contributed by atoms with Gasteiger partial charge in [-0.25, -0.2) is 8.78 Å². The third-order valence-electron chi connectivity index (χ3n) is 3.82. The molecule has 0 saturated carbocycles. The van der Waals surface area contributed by atoms with Crippen LogP contribution in [0.3, 0.4) is 0 Å². The molecule has 0 aliphatic carbocycles. The molecule has 3 rings (SSSR count). The Bertz CT molecular complexity index is 716. The predicted molar refractivity (Wildman–Crippen MR) is 80.2 cm³/mol. The number of fused-ring (bicyclic) bond motifs is 1. The van der Waals surface area contributed by atoms with Crippen molar-refractivity contribution >= 4 is 0 Å². The van der Waals surface area contributed by atoms with Crippen LogP contribution in [-0.2, 0) is 6.42 Å². The van der Waals surface area contributed by atoms with Gasteiger partial charge in [-0.2, -0.15) is 0 Å². The molecule has 0 fully saturated rings. The van der Waals surface area contributed by atoms with Gasteiger partial charge in [0.25, 0.3) is 0 Å². The Morgan fingerprint density at radius 3 is 2.55 bits per heavy atom. The lowest BCUT2D eigenvalue weighted by Gasteiger charge is -2.19. The van der Waals surface area contributed by atoms with Gasteiger partial charge in [0.05, 0.1) is 7.11 Å². The van der Waals surface area contributed by atoms with E-state index < -0.39 is 11.6 Å². The van der Waals surface area contributed by atoms with Crippen LogP contribution >= 0.6 is 0 Å². The maximum atomic E-state index is 14.1. The quantitative estimate of drug-likeness (QED) is 0.867. The van der Waals surface area contributed by atoms with Crippen molar-refractivity contribution in [2.75, 3.05) is 21.2 Å². The van der Waals surface area contributed by atoms with Gasteiger partial charge in [-0.3, -0.25) is 4.90 Å². The summed E-state index contributed by atoms with van der Waals surface area (Å²) in [4.78, 5) is 1.96. The van der Waals surface area contributed by atoms with Crippen molar-refractivity contribution in [1.29, 1.82) is 0 Å². The number of hydrogen-bond donors (Lipinski definition) is 0. The molecule has 0 spiro atoms. The molecule has 0 N–H and O–H groups in total. The summed E-state index contributed by atoms with van der Waals surface area (Å²) in [6, 6.07) is 7.14. The molecule has 1 atom stereocenters. The second kappa shape index (κ2) is 5.57.